The van der Waals surface area contributed by atoms with E-state index in [4.69, 9.17) is 59.0 Å². The van der Waals surface area contributed by atoms with E-state index in [9.17, 15) is 10.3 Å². The van der Waals surface area contributed by atoms with Gasteiger partial charge in [0.1, 0.15) is 54.6 Å². The summed E-state index contributed by atoms with van der Waals surface area (Å²) in [5.41, 5.74) is 12.3. The lowest BCUT2D eigenvalue weighted by Crippen LogP contribution is -2.67. The van der Waals surface area contributed by atoms with E-state index < -0.39 is 85.8 Å². The summed E-state index contributed by atoms with van der Waals surface area (Å²) in [5, 5.41) is 4.05. The molecule has 0 saturated carbocycles. The molecular formula is C38H40ClN3O11. The second kappa shape index (κ2) is 18.0. The molecule has 0 aliphatic carbocycles. The maximum Gasteiger partial charge on any atom is 0.321 e. The molecule has 0 aromatic heterocycles. The highest BCUT2D eigenvalue weighted by Crippen LogP contribution is 2.41. The fraction of sp³-hybridized carbons (Fsp3) is 0.447. The Kier molecular flexibility index (Phi) is 12.7. The van der Waals surface area contributed by atoms with Crippen molar-refractivity contribution in [3.63, 3.8) is 0 Å². The summed E-state index contributed by atoms with van der Waals surface area (Å²) in [6.07, 6.45) is -8.46. The maximum absolute atomic E-state index is 12.8. The van der Waals surface area contributed by atoms with Crippen molar-refractivity contribution in [1.82, 2.24) is 0 Å². The van der Waals surface area contributed by atoms with Gasteiger partial charge in [-0.2, -0.15) is 0 Å². The SMILES string of the molecule is C=CCO[C@@H]1O[C@@H]2COC(c3ccccc3)O[C@@H]2[C@H](O[C@@H]2O[C@@H]3COC(c4ccccc4)O[C@@H]3[C@H](OC(=O)CCl)[C@H]2N=[N+]=[N-])[C@H]1OCc1ccccc1. The highest BCUT2D eigenvalue weighted by atomic mass is 35.5. The molecule has 14 nitrogen and oxygen atoms in total. The summed E-state index contributed by atoms with van der Waals surface area (Å²) in [6.45, 7) is 4.29. The Balaban J connectivity index is 1.23. The van der Waals surface area contributed by atoms with Crippen LogP contribution < -0.4 is 0 Å². The van der Waals surface area contributed by atoms with Crippen LogP contribution in [-0.4, -0.2) is 93.0 Å². The predicted molar refractivity (Wildman–Crippen MR) is 187 cm³/mol. The first-order chi connectivity index (χ1) is 26.1. The minimum atomic E-state index is -1.31. The summed E-state index contributed by atoms with van der Waals surface area (Å²) in [7, 11) is 0. The molecule has 0 N–H and O–H groups in total. The molecule has 4 saturated heterocycles. The van der Waals surface area contributed by atoms with Crippen LogP contribution >= 0.6 is 11.6 Å². The van der Waals surface area contributed by atoms with E-state index in [1.165, 1.54) is 0 Å². The summed E-state index contributed by atoms with van der Waals surface area (Å²) in [6, 6.07) is 27.1. The zero-order valence-corrected chi connectivity index (χ0v) is 29.4. The maximum atomic E-state index is 12.8. The molecule has 4 fully saturated rings. The number of halogens is 1. The van der Waals surface area contributed by atoms with Gasteiger partial charge in [0.25, 0.3) is 0 Å². The molecule has 2 unspecified atom stereocenters. The fourth-order valence-corrected chi connectivity index (χ4v) is 6.89. The van der Waals surface area contributed by atoms with Gasteiger partial charge in [-0.3, -0.25) is 4.79 Å². The van der Waals surface area contributed by atoms with Gasteiger partial charge >= 0.3 is 5.97 Å². The quantitative estimate of drug-likeness (QED) is 0.0530. The third kappa shape index (κ3) is 8.75. The molecule has 7 rings (SSSR count). The molecule has 4 aliphatic heterocycles. The van der Waals surface area contributed by atoms with Crippen LogP contribution in [0.3, 0.4) is 0 Å². The summed E-state index contributed by atoms with van der Waals surface area (Å²) in [5.74, 6) is -1.19. The Labute approximate surface area is 311 Å². The number of hydrogen-bond donors (Lipinski definition) is 0. The second-order valence-electron chi connectivity index (χ2n) is 12.7. The average molecular weight is 750 g/mol. The third-order valence-electron chi connectivity index (χ3n) is 9.25. The van der Waals surface area contributed by atoms with Crippen molar-refractivity contribution in [2.24, 2.45) is 5.11 Å². The standard InChI is InChI=1S/C38H40ClN3O11/c1-2-18-44-38-34(45-20-23-12-6-3-7-13-23)33(31-27(49-38)22-47-36(52-31)25-16-10-5-11-17-25)53-37-29(41-42-40)32(50-28(43)19-39)30-26(48-37)21-46-35(51-30)24-14-8-4-9-15-24/h2-17,26-27,29-38H,1,18-22H2/t26-,27-,29-,30+,31+,32-,33+,34-,35?,36?,37+,38-/m1/s1. The average Bonchev–Trinajstić information content (AvgIpc) is 3.21. The predicted octanol–water partition coefficient (Wildman–Crippen LogP) is 5.67. The number of benzene rings is 3. The molecular weight excluding hydrogens is 710 g/mol. The highest BCUT2D eigenvalue weighted by Gasteiger charge is 2.57. The molecule has 3 aromatic rings. The van der Waals surface area contributed by atoms with Crippen molar-refractivity contribution in [1.29, 1.82) is 0 Å². The van der Waals surface area contributed by atoms with Gasteiger partial charge in [-0.05, 0) is 11.1 Å². The minimum absolute atomic E-state index is 0.0429. The van der Waals surface area contributed by atoms with Crippen molar-refractivity contribution >= 4 is 17.6 Å². The molecule has 280 valence electrons. The number of fused-ring (bicyclic) bond motifs is 2. The zero-order valence-electron chi connectivity index (χ0n) is 28.6. The first-order valence-corrected chi connectivity index (χ1v) is 17.9. The lowest BCUT2D eigenvalue weighted by atomic mass is 9.94. The largest absolute Gasteiger partial charge is 0.458 e. The Bertz CT molecular complexity index is 1690. The number of nitrogens with zero attached hydrogens (tertiary/aromatic N) is 3. The number of carbonyl (C=O) groups excluding carboxylic acids is 1. The Morgan fingerprint density at radius 3 is 1.92 bits per heavy atom. The van der Waals surface area contributed by atoms with Crippen LogP contribution in [0.4, 0.5) is 0 Å². The summed E-state index contributed by atoms with van der Waals surface area (Å²) >= 11 is 5.90. The molecule has 15 heteroatoms. The summed E-state index contributed by atoms with van der Waals surface area (Å²) < 4.78 is 63.4. The van der Waals surface area contributed by atoms with Gasteiger partial charge < -0.3 is 47.4 Å². The van der Waals surface area contributed by atoms with Crippen molar-refractivity contribution < 1.29 is 52.2 Å². The van der Waals surface area contributed by atoms with Crippen LogP contribution in [-0.2, 0) is 58.8 Å². The molecule has 0 radical (unpaired) electrons. The van der Waals surface area contributed by atoms with E-state index >= 15 is 0 Å². The van der Waals surface area contributed by atoms with Crippen LogP contribution in [0, 0.1) is 0 Å². The Hall–Kier alpha value is -3.89. The molecule has 0 spiro atoms. The lowest BCUT2D eigenvalue weighted by molar-refractivity contribution is -0.398. The number of ether oxygens (including phenoxy) is 10. The lowest BCUT2D eigenvalue weighted by Gasteiger charge is -2.52. The molecule has 12 atom stereocenters. The summed E-state index contributed by atoms with van der Waals surface area (Å²) in [4.78, 5) is 15.9. The van der Waals surface area contributed by atoms with E-state index in [0.29, 0.717) is 0 Å². The molecule has 4 aliphatic rings. The number of carbonyl (C=O) groups is 1. The molecule has 53 heavy (non-hydrogen) atoms. The van der Waals surface area contributed by atoms with Crippen molar-refractivity contribution in [3.8, 4) is 0 Å². The monoisotopic (exact) mass is 749 g/mol. The van der Waals surface area contributed by atoms with Gasteiger partial charge in [-0.25, -0.2) is 0 Å². The van der Waals surface area contributed by atoms with Crippen LogP contribution in [0.1, 0.15) is 29.3 Å². The smallest absolute Gasteiger partial charge is 0.321 e. The van der Waals surface area contributed by atoms with Gasteiger partial charge in [0.15, 0.2) is 25.2 Å². The number of rotatable bonds is 13. The van der Waals surface area contributed by atoms with E-state index in [1.807, 2.05) is 91.0 Å². The van der Waals surface area contributed by atoms with Crippen LogP contribution in [0.25, 0.3) is 10.4 Å². The Morgan fingerprint density at radius 1 is 0.792 bits per heavy atom. The van der Waals surface area contributed by atoms with Crippen molar-refractivity contribution in [2.75, 3.05) is 25.7 Å². The highest BCUT2D eigenvalue weighted by molar-refractivity contribution is 6.26. The number of hydrogen-bond acceptors (Lipinski definition) is 12. The first-order valence-electron chi connectivity index (χ1n) is 17.3. The van der Waals surface area contributed by atoms with Gasteiger partial charge in [-0.15, -0.1) is 18.2 Å². The number of esters is 1. The number of azide groups is 1. The topological polar surface area (TPSA) is 158 Å². The van der Waals surface area contributed by atoms with E-state index in [0.717, 1.165) is 16.7 Å². The van der Waals surface area contributed by atoms with Gasteiger partial charge in [-0.1, -0.05) is 102 Å². The van der Waals surface area contributed by atoms with Gasteiger partial charge in [0.05, 0.1) is 26.4 Å². The van der Waals surface area contributed by atoms with Crippen LogP contribution in [0.15, 0.2) is 109 Å². The van der Waals surface area contributed by atoms with E-state index in [-0.39, 0.29) is 26.4 Å². The molecule has 0 bridgehead atoms. The Morgan fingerprint density at radius 2 is 1.36 bits per heavy atom. The fourth-order valence-electron chi connectivity index (χ4n) is 6.83. The van der Waals surface area contributed by atoms with Crippen molar-refractivity contribution in [2.45, 2.75) is 80.5 Å². The molecule has 0 amide bonds. The van der Waals surface area contributed by atoms with Crippen LogP contribution in [0.2, 0.25) is 0 Å². The zero-order chi connectivity index (χ0) is 36.6. The minimum Gasteiger partial charge on any atom is -0.458 e. The van der Waals surface area contributed by atoms with Gasteiger partial charge in [0, 0.05) is 16.0 Å². The third-order valence-corrected chi connectivity index (χ3v) is 9.47. The van der Waals surface area contributed by atoms with E-state index in [1.54, 1.807) is 6.08 Å². The second-order valence-corrected chi connectivity index (χ2v) is 13.0. The van der Waals surface area contributed by atoms with Crippen molar-refractivity contribution in [3.05, 3.63) is 131 Å². The van der Waals surface area contributed by atoms with Gasteiger partial charge in [0.2, 0.25) is 0 Å². The van der Waals surface area contributed by atoms with Crippen LogP contribution in [0.5, 0.6) is 0 Å². The first kappa shape index (κ1) is 37.4. The number of alkyl halides is 1. The molecule has 3 aromatic carbocycles. The normalized spacial score (nSPS) is 33.8. The van der Waals surface area contributed by atoms with E-state index in [2.05, 4.69) is 16.6 Å². The molecule has 4 heterocycles.